The number of nitrogens with one attached hydrogen (secondary N) is 1. The van der Waals surface area contributed by atoms with E-state index in [4.69, 9.17) is 10.00 Å². The first-order chi connectivity index (χ1) is 11.3. The molecule has 0 aromatic carbocycles. The lowest BCUT2D eigenvalue weighted by Gasteiger charge is -2.13. The van der Waals surface area contributed by atoms with Crippen LogP contribution < -0.4 is 5.32 Å². The molecule has 2 aromatic rings. The number of thiophene rings is 1. The highest BCUT2D eigenvalue weighted by Gasteiger charge is 2.24. The number of nitro groups is 1. The smallest absolute Gasteiger partial charge is 0.355 e. The van der Waals surface area contributed by atoms with E-state index in [-0.39, 0.29) is 11.4 Å². The number of carbonyl (C=O) groups is 2. The third-order valence-corrected chi connectivity index (χ3v) is 3.92. The summed E-state index contributed by atoms with van der Waals surface area (Å²) in [5.41, 5.74) is 0.0129. The van der Waals surface area contributed by atoms with Crippen LogP contribution in [0.15, 0.2) is 23.7 Å². The van der Waals surface area contributed by atoms with Gasteiger partial charge in [0, 0.05) is 13.1 Å². The van der Waals surface area contributed by atoms with Gasteiger partial charge in [0.2, 0.25) is 0 Å². The van der Waals surface area contributed by atoms with Gasteiger partial charge in [0.05, 0.1) is 16.7 Å². The molecule has 0 fully saturated rings. The first-order valence-electron chi connectivity index (χ1n) is 6.63. The third kappa shape index (κ3) is 3.58. The monoisotopic (exact) mass is 348 g/mol. The second-order valence-corrected chi connectivity index (χ2v) is 5.68. The van der Waals surface area contributed by atoms with Crippen LogP contribution >= 0.6 is 11.3 Å². The van der Waals surface area contributed by atoms with E-state index in [1.54, 1.807) is 11.4 Å². The maximum Gasteiger partial charge on any atom is 0.355 e. The molecule has 0 saturated carbocycles. The van der Waals surface area contributed by atoms with Crippen molar-refractivity contribution in [3.05, 3.63) is 45.1 Å². The van der Waals surface area contributed by atoms with Crippen molar-refractivity contribution in [2.45, 2.75) is 13.0 Å². The SMILES string of the molecule is CC(OC(=O)c1cc([N+](=O)[O-])cn1C)C(=O)Nc1sccc1C#N. The molecule has 0 bridgehead atoms. The van der Waals surface area contributed by atoms with Crippen LogP contribution in [0.2, 0.25) is 0 Å². The van der Waals surface area contributed by atoms with Crippen LogP contribution in [0.4, 0.5) is 10.7 Å². The summed E-state index contributed by atoms with van der Waals surface area (Å²) < 4.78 is 6.27. The zero-order valence-corrected chi connectivity index (χ0v) is 13.5. The lowest BCUT2D eigenvalue weighted by atomic mass is 10.3. The molecule has 10 heteroatoms. The summed E-state index contributed by atoms with van der Waals surface area (Å²) in [6.45, 7) is 1.37. The predicted octanol–water partition coefficient (Wildman–Crippen LogP) is 2.05. The van der Waals surface area contributed by atoms with Gasteiger partial charge in [0.15, 0.2) is 6.10 Å². The average molecular weight is 348 g/mol. The second kappa shape index (κ2) is 6.93. The van der Waals surface area contributed by atoms with E-state index in [1.807, 2.05) is 6.07 Å². The highest BCUT2D eigenvalue weighted by molar-refractivity contribution is 7.14. The molecular formula is C14H12N4O5S. The largest absolute Gasteiger partial charge is 0.448 e. The number of anilines is 1. The van der Waals surface area contributed by atoms with Crippen molar-refractivity contribution in [3.8, 4) is 6.07 Å². The molecule has 1 unspecified atom stereocenters. The van der Waals surface area contributed by atoms with Crippen LogP contribution in [0.25, 0.3) is 0 Å². The van der Waals surface area contributed by atoms with Crippen molar-refractivity contribution in [3.63, 3.8) is 0 Å². The maximum absolute atomic E-state index is 12.0. The highest BCUT2D eigenvalue weighted by atomic mass is 32.1. The van der Waals surface area contributed by atoms with Crippen molar-refractivity contribution in [1.29, 1.82) is 5.26 Å². The lowest BCUT2D eigenvalue weighted by molar-refractivity contribution is -0.384. The summed E-state index contributed by atoms with van der Waals surface area (Å²) in [6.07, 6.45) is 0.0340. The Morgan fingerprint density at radius 3 is 2.83 bits per heavy atom. The number of nitrogens with zero attached hydrogens (tertiary/aromatic N) is 3. The Balaban J connectivity index is 2.05. The molecule has 1 atom stereocenters. The first kappa shape index (κ1) is 17.2. The van der Waals surface area contributed by atoms with Crippen molar-refractivity contribution in [1.82, 2.24) is 4.57 Å². The van der Waals surface area contributed by atoms with Crippen LogP contribution in [0.1, 0.15) is 23.0 Å². The third-order valence-electron chi connectivity index (χ3n) is 3.09. The molecule has 1 N–H and O–H groups in total. The number of hydrogen-bond acceptors (Lipinski definition) is 7. The topological polar surface area (TPSA) is 127 Å². The number of hydrogen-bond donors (Lipinski definition) is 1. The van der Waals surface area contributed by atoms with Crippen molar-refractivity contribution < 1.29 is 19.2 Å². The van der Waals surface area contributed by atoms with Crippen LogP contribution in [0, 0.1) is 21.4 Å². The number of ether oxygens (including phenoxy) is 1. The molecular weight excluding hydrogens is 336 g/mol. The Morgan fingerprint density at radius 1 is 1.54 bits per heavy atom. The standard InChI is InChI=1S/C14H12N4O5S/c1-8(12(19)16-13-9(6-15)3-4-24-13)23-14(20)11-5-10(18(21)22)7-17(11)2/h3-5,7-8H,1-2H3,(H,16,19). The number of rotatable bonds is 5. The Morgan fingerprint density at radius 2 is 2.25 bits per heavy atom. The van der Waals surface area contributed by atoms with E-state index in [0.29, 0.717) is 10.6 Å². The molecule has 0 aliphatic rings. The fourth-order valence-electron chi connectivity index (χ4n) is 1.83. The Bertz CT molecular complexity index is 848. The molecule has 0 aliphatic heterocycles. The van der Waals surface area contributed by atoms with Crippen LogP contribution in [-0.2, 0) is 16.6 Å². The van der Waals surface area contributed by atoms with Gasteiger partial charge in [-0.3, -0.25) is 14.9 Å². The van der Waals surface area contributed by atoms with Gasteiger partial charge >= 0.3 is 5.97 Å². The number of aromatic nitrogens is 1. The number of esters is 1. The van der Waals surface area contributed by atoms with Crippen molar-refractivity contribution in [2.24, 2.45) is 7.05 Å². The van der Waals surface area contributed by atoms with Gasteiger partial charge in [0.25, 0.3) is 11.6 Å². The summed E-state index contributed by atoms with van der Waals surface area (Å²) >= 11 is 1.17. The van der Waals surface area contributed by atoms with Gasteiger partial charge in [-0.2, -0.15) is 5.26 Å². The molecule has 9 nitrogen and oxygen atoms in total. The Labute approximate surface area is 140 Å². The average Bonchev–Trinajstić information content (AvgIpc) is 3.13. The van der Waals surface area contributed by atoms with E-state index in [1.165, 1.54) is 36.1 Å². The number of nitriles is 1. The fraction of sp³-hybridized carbons (Fsp3) is 0.214. The van der Waals surface area contributed by atoms with Crippen LogP contribution in [-0.4, -0.2) is 27.5 Å². The predicted molar refractivity (Wildman–Crippen MR) is 84.6 cm³/mol. The van der Waals surface area contributed by atoms with Crippen LogP contribution in [0.3, 0.4) is 0 Å². The Hall–Kier alpha value is -3.19. The summed E-state index contributed by atoms with van der Waals surface area (Å²) in [4.78, 5) is 34.2. The van der Waals surface area contributed by atoms with Crippen molar-refractivity contribution in [2.75, 3.05) is 5.32 Å². The van der Waals surface area contributed by atoms with Gasteiger partial charge in [-0.1, -0.05) is 0 Å². The van der Waals surface area contributed by atoms with E-state index >= 15 is 0 Å². The second-order valence-electron chi connectivity index (χ2n) is 4.76. The zero-order valence-electron chi connectivity index (χ0n) is 12.7. The molecule has 0 spiro atoms. The summed E-state index contributed by atoms with van der Waals surface area (Å²) in [7, 11) is 1.46. The van der Waals surface area contributed by atoms with Crippen molar-refractivity contribution >= 4 is 33.9 Å². The van der Waals surface area contributed by atoms with Gasteiger partial charge in [-0.15, -0.1) is 11.3 Å². The van der Waals surface area contributed by atoms with E-state index < -0.39 is 22.9 Å². The van der Waals surface area contributed by atoms with E-state index in [0.717, 1.165) is 6.07 Å². The molecule has 2 rings (SSSR count). The molecule has 0 saturated heterocycles. The number of carbonyl (C=O) groups excluding carboxylic acids is 2. The minimum Gasteiger partial charge on any atom is -0.448 e. The lowest BCUT2D eigenvalue weighted by Crippen LogP contribution is -2.30. The molecule has 2 heterocycles. The number of aryl methyl sites for hydroxylation is 1. The molecule has 2 aromatic heterocycles. The highest BCUT2D eigenvalue weighted by Crippen LogP contribution is 2.22. The Kier molecular flexibility index (Phi) is 4.96. The molecule has 24 heavy (non-hydrogen) atoms. The fourth-order valence-corrected chi connectivity index (χ4v) is 2.57. The molecule has 0 radical (unpaired) electrons. The zero-order chi connectivity index (χ0) is 17.9. The molecule has 1 amide bonds. The summed E-state index contributed by atoms with van der Waals surface area (Å²) in [5, 5.41) is 24.1. The van der Waals surface area contributed by atoms with E-state index in [9.17, 15) is 19.7 Å². The van der Waals surface area contributed by atoms with Gasteiger partial charge in [-0.25, -0.2) is 4.79 Å². The summed E-state index contributed by atoms with van der Waals surface area (Å²) in [5.74, 6) is -1.47. The van der Waals surface area contributed by atoms with Gasteiger partial charge in [0.1, 0.15) is 16.8 Å². The summed E-state index contributed by atoms with van der Waals surface area (Å²) in [6, 6.07) is 4.55. The molecule has 124 valence electrons. The molecule has 0 aliphatic carbocycles. The maximum atomic E-state index is 12.0. The van der Waals surface area contributed by atoms with E-state index in [2.05, 4.69) is 5.32 Å². The quantitative estimate of drug-likeness (QED) is 0.500. The normalized spacial score (nSPS) is 11.4. The minimum absolute atomic E-state index is 0.0461. The minimum atomic E-state index is -1.14. The van der Waals surface area contributed by atoms with Crippen LogP contribution in [0.5, 0.6) is 0 Å². The number of amides is 1. The van der Waals surface area contributed by atoms with Gasteiger partial charge in [-0.05, 0) is 18.4 Å². The van der Waals surface area contributed by atoms with Gasteiger partial charge < -0.3 is 14.6 Å². The first-order valence-corrected chi connectivity index (χ1v) is 7.51.